The fourth-order valence-electron chi connectivity index (χ4n) is 7.72. The summed E-state index contributed by atoms with van der Waals surface area (Å²) >= 11 is 3.06. The number of carbonyl (C=O) groups excluding carboxylic acids is 6. The van der Waals surface area contributed by atoms with Gasteiger partial charge in [0.1, 0.15) is 53.8 Å². The molecule has 5 amide bonds. The third kappa shape index (κ3) is 15.0. The highest BCUT2D eigenvalue weighted by atomic mass is 79.9. The Bertz CT molecular complexity index is 2610. The van der Waals surface area contributed by atoms with Crippen LogP contribution in [0.4, 0.5) is 10.2 Å². The lowest BCUT2D eigenvalue weighted by Gasteiger charge is -2.27. The van der Waals surface area contributed by atoms with Crippen LogP contribution in [0.1, 0.15) is 61.4 Å². The summed E-state index contributed by atoms with van der Waals surface area (Å²) in [5.74, 6) is -3.42. The first-order chi connectivity index (χ1) is 33.9. The molecular formula is C45H56BrFN12O12. The largest absolute Gasteiger partial charge is 0.480 e. The minimum atomic E-state index is -1.16. The van der Waals surface area contributed by atoms with Gasteiger partial charge in [0, 0.05) is 55.8 Å². The van der Waals surface area contributed by atoms with Gasteiger partial charge in [0.05, 0.1) is 63.6 Å². The Hall–Kier alpha value is -6.45. The molecular weight excluding hydrogens is 999 g/mol. The number of hydrogen-bond donors (Lipinski definition) is 6. The van der Waals surface area contributed by atoms with E-state index >= 15 is 0 Å². The first-order valence-corrected chi connectivity index (χ1v) is 23.5. The molecule has 1 unspecified atom stereocenters. The Morgan fingerprint density at radius 1 is 0.887 bits per heavy atom. The van der Waals surface area contributed by atoms with Gasteiger partial charge in [0.15, 0.2) is 11.6 Å². The van der Waals surface area contributed by atoms with E-state index in [0.29, 0.717) is 40.0 Å². The molecule has 0 spiro atoms. The van der Waals surface area contributed by atoms with E-state index in [1.165, 1.54) is 36.3 Å². The number of rotatable bonds is 28. The van der Waals surface area contributed by atoms with E-state index < -0.39 is 35.7 Å². The quantitative estimate of drug-likeness (QED) is 0.0261. The number of ketones is 1. The average molecular weight is 1060 g/mol. The number of likely N-dealkylation sites (tertiary alicyclic amines) is 1. The van der Waals surface area contributed by atoms with Crippen molar-refractivity contribution in [1.29, 1.82) is 0 Å². The number of nitrogens with zero attached hydrogens (tertiary/aromatic N) is 7. The van der Waals surface area contributed by atoms with Crippen molar-refractivity contribution in [3.63, 3.8) is 0 Å². The number of carboxylic acids is 1. The van der Waals surface area contributed by atoms with Crippen LogP contribution in [0, 0.1) is 18.2 Å². The van der Waals surface area contributed by atoms with Crippen LogP contribution in [0.3, 0.4) is 0 Å². The molecule has 24 nitrogen and oxygen atoms in total. The van der Waals surface area contributed by atoms with E-state index in [0.717, 1.165) is 6.42 Å². The maximum absolute atomic E-state index is 14.0. The SMILES string of the molecule is CC(=O)c1nn(CC(=O)N2C3C[C@]3(C)C[C@H]2C(=O)Nc2nc(Br)c(F)cc2C)c2cnc(-c3cnc(CNC(=O)COCCOCCNC(=O)COCCOCCNC(=O)CC[C@H](N)C(=O)O)nc3)cc12. The van der Waals surface area contributed by atoms with Crippen molar-refractivity contribution in [2.24, 2.45) is 11.1 Å². The third-order valence-electron chi connectivity index (χ3n) is 11.6. The summed E-state index contributed by atoms with van der Waals surface area (Å²) in [6.45, 7) is 5.93. The van der Waals surface area contributed by atoms with Gasteiger partial charge in [-0.15, -0.1) is 0 Å². The number of aromatic nitrogens is 6. The van der Waals surface area contributed by atoms with Crippen molar-refractivity contribution in [3.05, 3.63) is 58.2 Å². The van der Waals surface area contributed by atoms with Gasteiger partial charge in [-0.25, -0.2) is 19.3 Å². The first-order valence-electron chi connectivity index (χ1n) is 22.7. The highest BCUT2D eigenvalue weighted by molar-refractivity contribution is 9.10. The van der Waals surface area contributed by atoms with E-state index in [2.05, 4.69) is 62.2 Å². The number of fused-ring (bicyclic) bond motifs is 2. The normalized spacial score (nSPS) is 17.4. The fourth-order valence-corrected chi connectivity index (χ4v) is 8.01. The number of anilines is 1. The molecule has 4 atom stereocenters. The molecule has 2 aliphatic rings. The van der Waals surface area contributed by atoms with Crippen LogP contribution in [-0.2, 0) is 60.8 Å². The summed E-state index contributed by atoms with van der Waals surface area (Å²) in [6, 6.07) is 0.887. The molecule has 382 valence electrons. The average Bonchev–Trinajstić information content (AvgIpc) is 3.70. The molecule has 1 saturated heterocycles. The molecule has 0 bridgehead atoms. The van der Waals surface area contributed by atoms with E-state index in [1.807, 2.05) is 6.92 Å². The number of hydrogen-bond acceptors (Lipinski definition) is 17. The van der Waals surface area contributed by atoms with Gasteiger partial charge in [-0.1, -0.05) is 6.92 Å². The zero-order valence-electron chi connectivity index (χ0n) is 39.3. The number of halogens is 2. The zero-order valence-corrected chi connectivity index (χ0v) is 40.9. The van der Waals surface area contributed by atoms with Gasteiger partial charge in [0.25, 0.3) is 0 Å². The molecule has 71 heavy (non-hydrogen) atoms. The summed E-state index contributed by atoms with van der Waals surface area (Å²) < 4.78 is 36.7. The second kappa shape index (κ2) is 25.1. The molecule has 4 aromatic rings. The molecule has 26 heteroatoms. The van der Waals surface area contributed by atoms with Gasteiger partial charge in [-0.2, -0.15) is 5.10 Å². The summed E-state index contributed by atoms with van der Waals surface area (Å²) in [7, 11) is 0. The van der Waals surface area contributed by atoms with E-state index in [9.17, 15) is 38.0 Å². The van der Waals surface area contributed by atoms with Crippen LogP contribution in [0.15, 0.2) is 35.3 Å². The Morgan fingerprint density at radius 3 is 2.17 bits per heavy atom. The zero-order chi connectivity index (χ0) is 51.2. The Balaban J connectivity index is 0.861. The number of ether oxygens (including phenoxy) is 4. The monoisotopic (exact) mass is 1050 g/mol. The number of Topliss-reactive ketones (excluding diaryl/α,β-unsaturated/α-hetero) is 1. The number of nitrogens with two attached hydrogens (primary N) is 1. The maximum Gasteiger partial charge on any atom is 0.320 e. The topological polar surface area (TPSA) is 323 Å². The van der Waals surface area contributed by atoms with Crippen molar-refractivity contribution in [1.82, 2.24) is 50.6 Å². The minimum Gasteiger partial charge on any atom is -0.480 e. The van der Waals surface area contributed by atoms with Gasteiger partial charge in [0.2, 0.25) is 29.5 Å². The summed E-state index contributed by atoms with van der Waals surface area (Å²) in [5, 5.41) is 24.4. The lowest BCUT2D eigenvalue weighted by Crippen LogP contribution is -2.47. The molecule has 5 heterocycles. The number of aryl methyl sites for hydroxylation is 1. The summed E-state index contributed by atoms with van der Waals surface area (Å²) in [4.78, 5) is 106. The third-order valence-corrected chi connectivity index (χ3v) is 12.2. The number of pyridine rings is 2. The smallest absolute Gasteiger partial charge is 0.320 e. The van der Waals surface area contributed by atoms with Crippen LogP contribution in [0.25, 0.3) is 22.2 Å². The lowest BCUT2D eigenvalue weighted by atomic mass is 10.0. The van der Waals surface area contributed by atoms with Crippen molar-refractivity contribution in [2.75, 3.05) is 71.3 Å². The predicted octanol–water partition coefficient (Wildman–Crippen LogP) is 0.821. The molecule has 4 aromatic heterocycles. The molecule has 6 rings (SSSR count). The van der Waals surface area contributed by atoms with Crippen LogP contribution >= 0.6 is 15.9 Å². The van der Waals surface area contributed by atoms with Gasteiger partial charge < -0.3 is 56.0 Å². The molecule has 0 radical (unpaired) electrons. The fraction of sp³-hybridized carbons (Fsp3) is 0.511. The predicted molar refractivity (Wildman–Crippen MR) is 252 cm³/mol. The van der Waals surface area contributed by atoms with Gasteiger partial charge >= 0.3 is 5.97 Å². The summed E-state index contributed by atoms with van der Waals surface area (Å²) in [6.07, 6.45) is 5.77. The van der Waals surface area contributed by atoms with Crippen LogP contribution in [-0.4, -0.2) is 165 Å². The summed E-state index contributed by atoms with van der Waals surface area (Å²) in [5.41, 5.74) is 7.09. The second-order valence-corrected chi connectivity index (χ2v) is 17.9. The highest BCUT2D eigenvalue weighted by Gasteiger charge is 2.64. The number of aliphatic carboxylic acids is 1. The van der Waals surface area contributed by atoms with Crippen LogP contribution < -0.4 is 27.0 Å². The van der Waals surface area contributed by atoms with Crippen molar-refractivity contribution in [3.8, 4) is 11.3 Å². The standard InChI is InChI=1S/C45H56BrFN12O12/c1-25-14-29(47)41(46)55-42(25)56-43(65)32-16-45(3)17-34(45)59(32)39(64)22-58-33-20-51-31(15-28(33)40(57-58)26(2)60)27-18-52-35(53-19-27)21-54-38(63)24-71-13-11-69-9-7-50-37(62)23-70-12-10-68-8-6-49-36(61)5-4-30(48)44(66)67/h14-15,18-20,30,32,34H,4-13,16-17,21-24,48H2,1-3H3,(H,49,61)(H,50,62)(H,54,63)(H,66,67)(H,55,56,65)/t30-,32-,34?,45-/m0/s1. The van der Waals surface area contributed by atoms with E-state index in [4.69, 9.17) is 29.8 Å². The number of carbonyl (C=O) groups is 7. The Kier molecular flexibility index (Phi) is 19.0. The maximum atomic E-state index is 14.0. The second-order valence-electron chi connectivity index (χ2n) is 17.1. The minimum absolute atomic E-state index is 0.00503. The van der Waals surface area contributed by atoms with Gasteiger partial charge in [-0.05, 0) is 65.2 Å². The van der Waals surface area contributed by atoms with Crippen molar-refractivity contribution in [2.45, 2.75) is 77.7 Å². The number of amides is 5. The Morgan fingerprint density at radius 2 is 1.52 bits per heavy atom. The first kappa shape index (κ1) is 53.9. The molecule has 1 aliphatic carbocycles. The Labute approximate surface area is 414 Å². The molecule has 7 N–H and O–H groups in total. The molecule has 1 aliphatic heterocycles. The van der Waals surface area contributed by atoms with Crippen LogP contribution in [0.5, 0.6) is 0 Å². The molecule has 2 fully saturated rings. The molecule has 0 aromatic carbocycles. The van der Waals surface area contributed by atoms with E-state index in [1.54, 1.807) is 17.9 Å². The number of nitrogens with one attached hydrogen (secondary N) is 4. The van der Waals surface area contributed by atoms with Crippen molar-refractivity contribution >= 4 is 73.9 Å². The van der Waals surface area contributed by atoms with Gasteiger partial charge in [-0.3, -0.25) is 43.2 Å². The lowest BCUT2D eigenvalue weighted by molar-refractivity contribution is -0.139. The number of carboxylic acid groups (broad SMARTS) is 1. The van der Waals surface area contributed by atoms with E-state index in [-0.39, 0.29) is 143 Å². The molecule has 1 saturated carbocycles. The number of piperidine rings is 1. The highest BCUT2D eigenvalue weighted by Crippen LogP contribution is 2.59. The van der Waals surface area contributed by atoms with Crippen molar-refractivity contribution < 1.29 is 62.0 Å². The van der Waals surface area contributed by atoms with Crippen LogP contribution in [0.2, 0.25) is 0 Å².